The number of rotatable bonds is 3. The van der Waals surface area contributed by atoms with Gasteiger partial charge in [0.05, 0.1) is 11.7 Å². The molecule has 1 aliphatic heterocycles. The van der Waals surface area contributed by atoms with E-state index in [-0.39, 0.29) is 23.4 Å². The number of hydrogen-bond acceptors (Lipinski definition) is 4. The lowest BCUT2D eigenvalue weighted by Gasteiger charge is -2.24. The summed E-state index contributed by atoms with van der Waals surface area (Å²) < 4.78 is 0. The minimum Gasteiger partial charge on any atom is -0.332 e. The summed E-state index contributed by atoms with van der Waals surface area (Å²) in [7, 11) is 0. The highest BCUT2D eigenvalue weighted by Gasteiger charge is 2.39. The number of pyridine rings is 1. The van der Waals surface area contributed by atoms with E-state index in [1.165, 1.54) is 6.07 Å². The molecule has 2 aromatic heterocycles. The third-order valence-corrected chi connectivity index (χ3v) is 4.51. The van der Waals surface area contributed by atoms with Gasteiger partial charge in [0.1, 0.15) is 5.82 Å². The van der Waals surface area contributed by atoms with Gasteiger partial charge >= 0.3 is 0 Å². The molecule has 1 N–H and O–H groups in total. The molecule has 1 amide bonds. The molecule has 1 saturated carbocycles. The van der Waals surface area contributed by atoms with E-state index in [4.69, 9.17) is 0 Å². The molecular formula is C17H18N4O2. The van der Waals surface area contributed by atoms with Crippen LogP contribution < -0.4 is 5.56 Å². The lowest BCUT2D eigenvalue weighted by Crippen LogP contribution is -2.33. The van der Waals surface area contributed by atoms with Crippen molar-refractivity contribution in [1.82, 2.24) is 19.9 Å². The Kier molecular flexibility index (Phi) is 3.44. The molecule has 3 heterocycles. The molecule has 6 heteroatoms. The van der Waals surface area contributed by atoms with Crippen LogP contribution in [0.1, 0.15) is 37.5 Å². The summed E-state index contributed by atoms with van der Waals surface area (Å²) >= 11 is 0. The van der Waals surface area contributed by atoms with E-state index < -0.39 is 0 Å². The largest absolute Gasteiger partial charge is 0.332 e. The maximum absolute atomic E-state index is 12.4. The average Bonchev–Trinajstić information content (AvgIpc) is 3.31. The molecule has 2 aliphatic rings. The van der Waals surface area contributed by atoms with Crippen LogP contribution in [0.4, 0.5) is 0 Å². The number of likely N-dealkylation sites (tertiary alicyclic amines) is 1. The van der Waals surface area contributed by atoms with Gasteiger partial charge in [0.2, 0.25) is 5.91 Å². The smallest absolute Gasteiger partial charge is 0.251 e. The summed E-state index contributed by atoms with van der Waals surface area (Å²) in [5.41, 5.74) is 1.29. The fourth-order valence-electron chi connectivity index (χ4n) is 3.18. The number of amides is 1. The van der Waals surface area contributed by atoms with Crippen LogP contribution in [0.15, 0.2) is 35.4 Å². The number of H-pyrrole nitrogens is 1. The zero-order chi connectivity index (χ0) is 15.8. The molecule has 4 rings (SSSR count). The van der Waals surface area contributed by atoms with Crippen LogP contribution in [-0.2, 0) is 4.79 Å². The molecule has 118 valence electrons. The highest BCUT2D eigenvalue weighted by atomic mass is 16.2. The highest BCUT2D eigenvalue weighted by molar-refractivity contribution is 5.81. The second kappa shape index (κ2) is 5.61. The van der Waals surface area contributed by atoms with Gasteiger partial charge in [-0.3, -0.25) is 14.6 Å². The molecular weight excluding hydrogens is 292 g/mol. The van der Waals surface area contributed by atoms with Gasteiger partial charge in [-0.2, -0.15) is 0 Å². The number of hydrogen-bond donors (Lipinski definition) is 1. The first kappa shape index (κ1) is 14.1. The maximum atomic E-state index is 12.4. The Balaban J connectivity index is 1.69. The first-order chi connectivity index (χ1) is 11.2. The molecule has 0 bridgehead atoms. The normalized spacial score (nSPS) is 20.7. The fourth-order valence-corrected chi connectivity index (χ4v) is 3.18. The van der Waals surface area contributed by atoms with Gasteiger partial charge in [-0.05, 0) is 37.8 Å². The zero-order valence-corrected chi connectivity index (χ0v) is 12.7. The molecule has 0 aromatic carbocycles. The molecule has 1 unspecified atom stereocenters. The van der Waals surface area contributed by atoms with Crippen LogP contribution >= 0.6 is 0 Å². The monoisotopic (exact) mass is 310 g/mol. The Bertz CT molecular complexity index is 783. The first-order valence-corrected chi connectivity index (χ1v) is 8.04. The molecule has 1 aliphatic carbocycles. The number of carbonyl (C=O) groups is 1. The van der Waals surface area contributed by atoms with Gasteiger partial charge in [-0.1, -0.05) is 0 Å². The van der Waals surface area contributed by atoms with Gasteiger partial charge in [-0.15, -0.1) is 0 Å². The van der Waals surface area contributed by atoms with Gasteiger partial charge < -0.3 is 9.88 Å². The predicted octanol–water partition coefficient (Wildman–Crippen LogP) is 1.91. The van der Waals surface area contributed by atoms with Crippen molar-refractivity contribution in [1.29, 1.82) is 0 Å². The summed E-state index contributed by atoms with van der Waals surface area (Å²) in [6.07, 6.45) is 7.13. The van der Waals surface area contributed by atoms with E-state index in [2.05, 4.69) is 15.0 Å². The van der Waals surface area contributed by atoms with Crippen molar-refractivity contribution in [3.05, 3.63) is 46.8 Å². The topological polar surface area (TPSA) is 79.0 Å². The Morgan fingerprint density at radius 1 is 1.22 bits per heavy atom. The van der Waals surface area contributed by atoms with Crippen molar-refractivity contribution >= 4 is 5.91 Å². The van der Waals surface area contributed by atoms with Crippen LogP contribution in [0, 0.1) is 5.92 Å². The van der Waals surface area contributed by atoms with Crippen molar-refractivity contribution in [2.24, 2.45) is 5.92 Å². The third kappa shape index (κ3) is 2.76. The summed E-state index contributed by atoms with van der Waals surface area (Å²) in [4.78, 5) is 37.8. The van der Waals surface area contributed by atoms with Gasteiger partial charge in [0, 0.05) is 36.5 Å². The number of carbonyl (C=O) groups excluding carboxylic acids is 1. The average molecular weight is 310 g/mol. The van der Waals surface area contributed by atoms with E-state index >= 15 is 0 Å². The van der Waals surface area contributed by atoms with E-state index in [1.54, 1.807) is 12.4 Å². The van der Waals surface area contributed by atoms with E-state index in [0.717, 1.165) is 37.8 Å². The van der Waals surface area contributed by atoms with Gasteiger partial charge in [0.25, 0.3) is 5.56 Å². The van der Waals surface area contributed by atoms with Crippen molar-refractivity contribution in [2.45, 2.75) is 31.7 Å². The van der Waals surface area contributed by atoms with Crippen LogP contribution in [0.3, 0.4) is 0 Å². The Labute approximate surface area is 133 Å². The van der Waals surface area contributed by atoms with Gasteiger partial charge in [0.15, 0.2) is 0 Å². The van der Waals surface area contributed by atoms with Crippen molar-refractivity contribution in [3.63, 3.8) is 0 Å². The number of nitrogens with zero attached hydrogens (tertiary/aromatic N) is 3. The predicted molar refractivity (Wildman–Crippen MR) is 84.5 cm³/mol. The number of aromatic amines is 1. The standard InChI is InChI=1S/C17H18N4O2/c22-15-10-13(11-5-7-18-8-6-11)19-16(20-15)14-2-1-9-21(14)17(23)12-3-4-12/h5-8,10,12,14H,1-4,9H2,(H,19,20,22). The molecule has 1 atom stereocenters. The maximum Gasteiger partial charge on any atom is 0.251 e. The van der Waals surface area contributed by atoms with Crippen LogP contribution in [0.2, 0.25) is 0 Å². The Hall–Kier alpha value is -2.50. The second-order valence-corrected chi connectivity index (χ2v) is 6.22. The summed E-state index contributed by atoms with van der Waals surface area (Å²) in [6.45, 7) is 0.753. The molecule has 2 aromatic rings. The minimum absolute atomic E-state index is 0.113. The quantitative estimate of drug-likeness (QED) is 0.939. The second-order valence-electron chi connectivity index (χ2n) is 6.22. The summed E-state index contributed by atoms with van der Waals surface area (Å²) in [5.74, 6) is 0.992. The fraction of sp³-hybridized carbons (Fsp3) is 0.412. The van der Waals surface area contributed by atoms with Crippen LogP contribution in [0.25, 0.3) is 11.3 Å². The molecule has 1 saturated heterocycles. The van der Waals surface area contributed by atoms with E-state index in [9.17, 15) is 9.59 Å². The summed E-state index contributed by atoms with van der Waals surface area (Å²) in [5, 5.41) is 0. The van der Waals surface area contributed by atoms with E-state index in [1.807, 2.05) is 17.0 Å². The van der Waals surface area contributed by atoms with Crippen LogP contribution in [-0.4, -0.2) is 32.3 Å². The molecule has 0 radical (unpaired) electrons. The third-order valence-electron chi connectivity index (χ3n) is 4.51. The number of nitrogens with one attached hydrogen (secondary N) is 1. The lowest BCUT2D eigenvalue weighted by molar-refractivity contribution is -0.133. The Morgan fingerprint density at radius 2 is 2.00 bits per heavy atom. The van der Waals surface area contributed by atoms with Crippen LogP contribution in [0.5, 0.6) is 0 Å². The molecule has 2 fully saturated rings. The first-order valence-electron chi connectivity index (χ1n) is 8.04. The highest BCUT2D eigenvalue weighted by Crippen LogP contribution is 2.37. The van der Waals surface area contributed by atoms with E-state index in [0.29, 0.717) is 11.5 Å². The molecule has 6 nitrogen and oxygen atoms in total. The van der Waals surface area contributed by atoms with Crippen molar-refractivity contribution < 1.29 is 4.79 Å². The minimum atomic E-state index is -0.187. The van der Waals surface area contributed by atoms with Crippen molar-refractivity contribution in [2.75, 3.05) is 6.54 Å². The molecule has 0 spiro atoms. The SMILES string of the molecule is O=C(C1CC1)N1CCCC1c1nc(-c2ccncc2)cc(=O)[nH]1. The van der Waals surface area contributed by atoms with Crippen molar-refractivity contribution in [3.8, 4) is 11.3 Å². The van der Waals surface area contributed by atoms with Gasteiger partial charge in [-0.25, -0.2) is 4.98 Å². The zero-order valence-electron chi connectivity index (χ0n) is 12.7. The number of aromatic nitrogens is 3. The Morgan fingerprint density at radius 3 is 2.74 bits per heavy atom. The summed E-state index contributed by atoms with van der Waals surface area (Å²) in [6, 6.07) is 5.03. The molecule has 23 heavy (non-hydrogen) atoms. The lowest BCUT2D eigenvalue weighted by atomic mass is 10.1.